The highest BCUT2D eigenvalue weighted by Gasteiger charge is 2.46. The Labute approximate surface area is 123 Å². The Hall–Kier alpha value is -1.89. The molecule has 0 spiro atoms. The monoisotopic (exact) mass is 313 g/mol. The molecule has 1 N–H and O–H groups in total. The van der Waals surface area contributed by atoms with Gasteiger partial charge in [0.25, 0.3) is 0 Å². The van der Waals surface area contributed by atoms with Gasteiger partial charge in [0.05, 0.1) is 17.7 Å². The van der Waals surface area contributed by atoms with Crippen molar-refractivity contribution >= 4 is 28.9 Å². The molecule has 0 saturated heterocycles. The Kier molecular flexibility index (Phi) is 3.44. The van der Waals surface area contributed by atoms with Gasteiger partial charge in [0.2, 0.25) is 12.3 Å². The van der Waals surface area contributed by atoms with Crippen molar-refractivity contribution < 1.29 is 18.4 Å². The molecule has 0 aromatic carbocycles. The van der Waals surface area contributed by atoms with Gasteiger partial charge in [-0.15, -0.1) is 10.2 Å². The number of nitrogens with zero attached hydrogens (tertiary/aromatic N) is 2. The average molecular weight is 314 g/mol. The van der Waals surface area contributed by atoms with E-state index in [1.165, 1.54) is 12.3 Å². The van der Waals surface area contributed by atoms with Crippen LogP contribution in [0.2, 0.25) is 5.15 Å². The molecule has 21 heavy (non-hydrogen) atoms. The van der Waals surface area contributed by atoms with Crippen LogP contribution in [0.1, 0.15) is 30.0 Å². The molecular formula is C13H10ClF2N3O2. The second-order valence-electron chi connectivity index (χ2n) is 5.04. The molecule has 1 aliphatic carbocycles. The third-order valence-corrected chi connectivity index (χ3v) is 3.91. The predicted molar refractivity (Wildman–Crippen MR) is 69.6 cm³/mol. The van der Waals surface area contributed by atoms with E-state index >= 15 is 0 Å². The zero-order valence-electron chi connectivity index (χ0n) is 10.6. The first-order chi connectivity index (χ1) is 9.97. The van der Waals surface area contributed by atoms with Gasteiger partial charge in [-0.25, -0.2) is 8.78 Å². The Morgan fingerprint density at radius 2 is 2.10 bits per heavy atom. The molecular weight excluding hydrogens is 304 g/mol. The number of rotatable bonds is 3. The summed E-state index contributed by atoms with van der Waals surface area (Å²) in [5.74, 6) is -1.87. The lowest BCUT2D eigenvalue weighted by Gasteiger charge is -2.12. The van der Waals surface area contributed by atoms with Gasteiger partial charge in [0, 0.05) is 12.1 Å². The van der Waals surface area contributed by atoms with Gasteiger partial charge in [-0.3, -0.25) is 9.59 Å². The van der Waals surface area contributed by atoms with E-state index in [0.29, 0.717) is 12.0 Å². The van der Waals surface area contributed by atoms with E-state index < -0.39 is 18.3 Å². The number of aromatic nitrogens is 2. The second-order valence-corrected chi connectivity index (χ2v) is 5.40. The molecule has 2 atom stereocenters. The van der Waals surface area contributed by atoms with Crippen molar-refractivity contribution in [3.05, 3.63) is 28.7 Å². The van der Waals surface area contributed by atoms with Crippen LogP contribution in [0.4, 0.5) is 8.78 Å². The van der Waals surface area contributed by atoms with E-state index in [9.17, 15) is 18.4 Å². The second kappa shape index (κ2) is 5.14. The number of carbonyl (C=O) groups excluding carboxylic acids is 2. The van der Waals surface area contributed by atoms with Gasteiger partial charge in [0.1, 0.15) is 0 Å². The summed E-state index contributed by atoms with van der Waals surface area (Å²) in [4.78, 5) is 22.9. The van der Waals surface area contributed by atoms with Crippen LogP contribution in [0.3, 0.4) is 0 Å². The van der Waals surface area contributed by atoms with Crippen molar-refractivity contribution in [1.29, 1.82) is 0 Å². The SMILES string of the molecule is O=C1CC(=O)C(c2cc([C@H]3C[C@@H]3C(F)F)c(Cl)nn2)=CN1. The van der Waals surface area contributed by atoms with Crippen molar-refractivity contribution in [1.82, 2.24) is 15.5 Å². The minimum Gasteiger partial charge on any atom is -0.331 e. The number of allylic oxidation sites excluding steroid dienone is 1. The number of hydrogen-bond donors (Lipinski definition) is 1. The van der Waals surface area contributed by atoms with E-state index in [4.69, 9.17) is 11.6 Å². The lowest BCUT2D eigenvalue weighted by molar-refractivity contribution is -0.125. The van der Waals surface area contributed by atoms with Gasteiger partial charge in [0.15, 0.2) is 10.9 Å². The van der Waals surface area contributed by atoms with Crippen LogP contribution in [0, 0.1) is 5.92 Å². The highest BCUT2D eigenvalue weighted by atomic mass is 35.5. The molecule has 1 aromatic heterocycles. The lowest BCUT2D eigenvalue weighted by Crippen LogP contribution is -2.27. The molecule has 8 heteroatoms. The van der Waals surface area contributed by atoms with Crippen molar-refractivity contribution in [2.75, 3.05) is 0 Å². The molecule has 1 amide bonds. The summed E-state index contributed by atoms with van der Waals surface area (Å²) in [7, 11) is 0. The molecule has 1 aromatic rings. The fraction of sp³-hybridized carbons (Fsp3) is 0.385. The Balaban J connectivity index is 1.92. The first-order valence-corrected chi connectivity index (χ1v) is 6.69. The third-order valence-electron chi connectivity index (χ3n) is 3.61. The van der Waals surface area contributed by atoms with Gasteiger partial charge >= 0.3 is 0 Å². The Morgan fingerprint density at radius 3 is 2.71 bits per heavy atom. The molecule has 1 saturated carbocycles. The van der Waals surface area contributed by atoms with E-state index in [-0.39, 0.29) is 34.5 Å². The number of alkyl halides is 2. The smallest absolute Gasteiger partial charge is 0.242 e. The van der Waals surface area contributed by atoms with Crippen LogP contribution in [0.25, 0.3) is 5.57 Å². The van der Waals surface area contributed by atoms with E-state index in [0.717, 1.165) is 0 Å². The number of carbonyl (C=O) groups is 2. The van der Waals surface area contributed by atoms with E-state index in [1.54, 1.807) is 0 Å². The maximum atomic E-state index is 12.7. The van der Waals surface area contributed by atoms with Crippen molar-refractivity contribution in [3.63, 3.8) is 0 Å². The number of Topliss-reactive ketones (excluding diaryl/α,β-unsaturated/α-hetero) is 1. The molecule has 2 aliphatic rings. The lowest BCUT2D eigenvalue weighted by atomic mass is 10.0. The number of hydrogen-bond acceptors (Lipinski definition) is 4. The maximum absolute atomic E-state index is 12.7. The number of amides is 1. The normalized spacial score (nSPS) is 24.9. The van der Waals surface area contributed by atoms with E-state index in [2.05, 4.69) is 15.5 Å². The predicted octanol–water partition coefficient (Wildman–Crippen LogP) is 1.93. The number of nitrogens with one attached hydrogen (secondary N) is 1. The zero-order valence-corrected chi connectivity index (χ0v) is 11.4. The van der Waals surface area contributed by atoms with Crippen molar-refractivity contribution in [2.24, 2.45) is 5.92 Å². The largest absolute Gasteiger partial charge is 0.331 e. The minimum atomic E-state index is -2.41. The van der Waals surface area contributed by atoms with Crippen LogP contribution in [0.5, 0.6) is 0 Å². The summed E-state index contributed by atoms with van der Waals surface area (Å²) in [6.07, 6.45) is -1.08. The van der Waals surface area contributed by atoms with E-state index in [1.807, 2.05) is 0 Å². The van der Waals surface area contributed by atoms with Gasteiger partial charge in [-0.2, -0.15) is 0 Å². The summed E-state index contributed by atoms with van der Waals surface area (Å²) < 4.78 is 25.3. The molecule has 5 nitrogen and oxygen atoms in total. The number of ketones is 1. The van der Waals surface area contributed by atoms with Crippen molar-refractivity contribution in [3.8, 4) is 0 Å². The molecule has 3 rings (SSSR count). The highest BCUT2D eigenvalue weighted by molar-refractivity contribution is 6.30. The maximum Gasteiger partial charge on any atom is 0.242 e. The number of halogens is 3. The topological polar surface area (TPSA) is 72.0 Å². The average Bonchev–Trinajstić information content (AvgIpc) is 3.20. The van der Waals surface area contributed by atoms with Gasteiger partial charge in [-0.05, 0) is 24.0 Å². The minimum absolute atomic E-state index is 0.0693. The summed E-state index contributed by atoms with van der Waals surface area (Å²) in [5.41, 5.74) is 0.908. The van der Waals surface area contributed by atoms with Gasteiger partial charge in [-0.1, -0.05) is 11.6 Å². The first kappa shape index (κ1) is 14.1. The first-order valence-electron chi connectivity index (χ1n) is 6.31. The molecule has 1 fully saturated rings. The molecule has 0 unspecified atom stereocenters. The molecule has 0 bridgehead atoms. The summed E-state index contributed by atoms with van der Waals surface area (Å²) in [5, 5.41) is 10.0. The Bertz CT molecular complexity index is 663. The van der Waals surface area contributed by atoms with Crippen LogP contribution in [-0.4, -0.2) is 28.3 Å². The highest BCUT2D eigenvalue weighted by Crippen LogP contribution is 2.52. The van der Waals surface area contributed by atoms with Gasteiger partial charge < -0.3 is 5.32 Å². The summed E-state index contributed by atoms with van der Waals surface area (Å²) in [6.45, 7) is 0. The quantitative estimate of drug-likeness (QED) is 0.866. The standard InChI is InChI=1S/C13H10ClF2N3O2/c14-12-6(5-1-7(5)13(15)16)2-9(18-19-12)8-4-17-11(21)3-10(8)20/h2,4-5,7,13H,1,3H2,(H,17,21)/t5-,7+/m1/s1. The molecule has 0 radical (unpaired) electrons. The van der Waals surface area contributed by atoms with Crippen LogP contribution in [0.15, 0.2) is 12.3 Å². The Morgan fingerprint density at radius 1 is 1.33 bits per heavy atom. The molecule has 1 aliphatic heterocycles. The fourth-order valence-corrected chi connectivity index (χ4v) is 2.61. The zero-order chi connectivity index (χ0) is 15.1. The molecule has 110 valence electrons. The van der Waals surface area contributed by atoms with Crippen LogP contribution >= 0.6 is 11.6 Å². The van der Waals surface area contributed by atoms with Crippen molar-refractivity contribution in [2.45, 2.75) is 25.2 Å². The van der Waals surface area contributed by atoms with Crippen LogP contribution < -0.4 is 5.32 Å². The fourth-order valence-electron chi connectivity index (χ4n) is 2.38. The summed E-state index contributed by atoms with van der Waals surface area (Å²) >= 11 is 5.91. The summed E-state index contributed by atoms with van der Waals surface area (Å²) in [6, 6.07) is 1.50. The van der Waals surface area contributed by atoms with Crippen LogP contribution in [-0.2, 0) is 9.59 Å². The third kappa shape index (κ3) is 2.65. The molecule has 2 heterocycles.